The highest BCUT2D eigenvalue weighted by Crippen LogP contribution is 2.41. The summed E-state index contributed by atoms with van der Waals surface area (Å²) in [4.78, 5) is 6.43. The van der Waals surface area contributed by atoms with Gasteiger partial charge in [-0.05, 0) is 43.9 Å². The summed E-state index contributed by atoms with van der Waals surface area (Å²) in [5.74, 6) is 1.58. The number of rotatable bonds is 1. The second-order valence-electron chi connectivity index (χ2n) is 6.59. The van der Waals surface area contributed by atoms with Crippen molar-refractivity contribution in [3.8, 4) is 0 Å². The first-order valence-electron chi connectivity index (χ1n) is 7.35. The van der Waals surface area contributed by atoms with Crippen LogP contribution in [0.25, 0.3) is 0 Å². The van der Waals surface area contributed by atoms with Gasteiger partial charge >= 0.3 is 0 Å². The molecule has 2 nitrogen and oxygen atoms in total. The average molecular weight is 264 g/mol. The molecule has 2 aliphatic carbocycles. The lowest BCUT2D eigenvalue weighted by atomic mass is 9.77. The van der Waals surface area contributed by atoms with E-state index in [1.165, 1.54) is 47.7 Å². The lowest BCUT2D eigenvalue weighted by Gasteiger charge is -2.35. The van der Waals surface area contributed by atoms with Gasteiger partial charge in [-0.3, -0.25) is 0 Å². The summed E-state index contributed by atoms with van der Waals surface area (Å²) >= 11 is 1.91. The number of thiazole rings is 1. The highest BCUT2D eigenvalue weighted by atomic mass is 32.1. The van der Waals surface area contributed by atoms with Crippen LogP contribution in [-0.2, 0) is 18.4 Å². The SMILES string of the molecule is CC1CCc2nc(C3(N)CCCC(C)C3)sc2C1. The van der Waals surface area contributed by atoms with Gasteiger partial charge in [0.15, 0.2) is 0 Å². The van der Waals surface area contributed by atoms with Gasteiger partial charge in [0.2, 0.25) is 0 Å². The molecule has 2 aliphatic rings. The molecular weight excluding hydrogens is 240 g/mol. The molecule has 3 unspecified atom stereocenters. The largest absolute Gasteiger partial charge is 0.319 e. The molecule has 0 saturated heterocycles. The van der Waals surface area contributed by atoms with Crippen LogP contribution >= 0.6 is 11.3 Å². The van der Waals surface area contributed by atoms with E-state index in [2.05, 4.69) is 13.8 Å². The van der Waals surface area contributed by atoms with Gasteiger partial charge in [0.05, 0.1) is 11.2 Å². The number of aryl methyl sites for hydroxylation is 1. The quantitative estimate of drug-likeness (QED) is 0.841. The number of hydrogen-bond donors (Lipinski definition) is 1. The standard InChI is InChI=1S/C15H24N2S/c1-10-5-6-12-13(8-10)18-14(17-12)15(16)7-3-4-11(2)9-15/h10-11H,3-9,16H2,1-2H3. The Morgan fingerprint density at radius 2 is 2.11 bits per heavy atom. The zero-order valence-corrected chi connectivity index (χ0v) is 12.4. The highest BCUT2D eigenvalue weighted by Gasteiger charge is 2.36. The van der Waals surface area contributed by atoms with E-state index in [0.717, 1.165) is 24.7 Å². The van der Waals surface area contributed by atoms with E-state index in [9.17, 15) is 0 Å². The third-order valence-electron chi connectivity index (χ3n) is 4.64. The van der Waals surface area contributed by atoms with Crippen LogP contribution in [0.5, 0.6) is 0 Å². The van der Waals surface area contributed by atoms with Crippen molar-refractivity contribution < 1.29 is 0 Å². The van der Waals surface area contributed by atoms with Crippen molar-refractivity contribution in [3.63, 3.8) is 0 Å². The van der Waals surface area contributed by atoms with E-state index >= 15 is 0 Å². The van der Waals surface area contributed by atoms with Crippen molar-refractivity contribution in [2.24, 2.45) is 17.6 Å². The molecule has 100 valence electrons. The number of nitrogens with two attached hydrogens (primary N) is 1. The van der Waals surface area contributed by atoms with E-state index < -0.39 is 0 Å². The number of hydrogen-bond acceptors (Lipinski definition) is 3. The maximum Gasteiger partial charge on any atom is 0.113 e. The van der Waals surface area contributed by atoms with E-state index in [1.807, 2.05) is 11.3 Å². The Balaban J connectivity index is 1.88. The third kappa shape index (κ3) is 2.23. The average Bonchev–Trinajstić information content (AvgIpc) is 2.72. The maximum absolute atomic E-state index is 6.67. The molecule has 2 N–H and O–H groups in total. The Labute approximate surface area is 114 Å². The Morgan fingerprint density at radius 3 is 2.89 bits per heavy atom. The minimum atomic E-state index is -0.122. The van der Waals surface area contributed by atoms with E-state index in [-0.39, 0.29) is 5.54 Å². The van der Waals surface area contributed by atoms with Gasteiger partial charge in [-0.2, -0.15) is 0 Å². The van der Waals surface area contributed by atoms with Crippen molar-refractivity contribution in [1.82, 2.24) is 4.98 Å². The molecule has 3 rings (SSSR count). The molecule has 0 aromatic carbocycles. The Morgan fingerprint density at radius 1 is 1.28 bits per heavy atom. The minimum Gasteiger partial charge on any atom is -0.319 e. The van der Waals surface area contributed by atoms with Crippen molar-refractivity contribution in [3.05, 3.63) is 15.6 Å². The first-order valence-corrected chi connectivity index (χ1v) is 8.16. The van der Waals surface area contributed by atoms with Gasteiger partial charge in [0.25, 0.3) is 0 Å². The summed E-state index contributed by atoms with van der Waals surface area (Å²) in [7, 11) is 0. The van der Waals surface area contributed by atoms with E-state index in [4.69, 9.17) is 10.7 Å². The second kappa shape index (κ2) is 4.61. The van der Waals surface area contributed by atoms with Crippen LogP contribution in [-0.4, -0.2) is 4.98 Å². The molecule has 0 amide bonds. The van der Waals surface area contributed by atoms with E-state index in [1.54, 1.807) is 0 Å². The predicted octanol–water partition coefficient (Wildman–Crippen LogP) is 3.63. The molecular formula is C15H24N2S. The fraction of sp³-hybridized carbons (Fsp3) is 0.800. The zero-order chi connectivity index (χ0) is 12.8. The van der Waals surface area contributed by atoms with Gasteiger partial charge in [0.1, 0.15) is 5.01 Å². The van der Waals surface area contributed by atoms with Crippen LogP contribution in [0.2, 0.25) is 0 Å². The molecule has 3 heteroatoms. The molecule has 1 aromatic heterocycles. The molecule has 0 spiro atoms. The molecule has 1 fully saturated rings. The fourth-order valence-corrected chi connectivity index (χ4v) is 4.95. The van der Waals surface area contributed by atoms with Crippen LogP contribution < -0.4 is 5.73 Å². The molecule has 1 heterocycles. The minimum absolute atomic E-state index is 0.122. The van der Waals surface area contributed by atoms with E-state index in [0.29, 0.717) is 0 Å². The van der Waals surface area contributed by atoms with Crippen molar-refractivity contribution >= 4 is 11.3 Å². The first-order chi connectivity index (χ1) is 8.57. The van der Waals surface area contributed by atoms with Gasteiger partial charge in [0, 0.05) is 4.88 Å². The maximum atomic E-state index is 6.67. The summed E-state index contributed by atoms with van der Waals surface area (Å²) in [6.07, 6.45) is 8.52. The molecule has 1 aromatic rings. The molecule has 0 radical (unpaired) electrons. The molecule has 0 aliphatic heterocycles. The summed E-state index contributed by atoms with van der Waals surface area (Å²) in [5, 5.41) is 1.23. The lowest BCUT2D eigenvalue weighted by Crippen LogP contribution is -2.40. The number of nitrogens with zero attached hydrogens (tertiary/aromatic N) is 1. The first kappa shape index (κ1) is 12.6. The molecule has 3 atom stereocenters. The topological polar surface area (TPSA) is 38.9 Å². The molecule has 0 bridgehead atoms. The number of aromatic nitrogens is 1. The summed E-state index contributed by atoms with van der Waals surface area (Å²) in [6, 6.07) is 0. The summed E-state index contributed by atoms with van der Waals surface area (Å²) < 4.78 is 0. The third-order valence-corrected chi connectivity index (χ3v) is 5.98. The normalized spacial score (nSPS) is 36.4. The van der Waals surface area contributed by atoms with Crippen LogP contribution in [0.4, 0.5) is 0 Å². The fourth-order valence-electron chi connectivity index (χ4n) is 3.54. The Kier molecular flexibility index (Phi) is 3.23. The zero-order valence-electron chi connectivity index (χ0n) is 11.5. The molecule has 1 saturated carbocycles. The van der Waals surface area contributed by atoms with Crippen molar-refractivity contribution in [2.75, 3.05) is 0 Å². The summed E-state index contributed by atoms with van der Waals surface area (Å²) in [5.41, 5.74) is 7.90. The Bertz CT molecular complexity index is 440. The smallest absolute Gasteiger partial charge is 0.113 e. The Hall–Kier alpha value is -0.410. The summed E-state index contributed by atoms with van der Waals surface area (Å²) in [6.45, 7) is 4.68. The lowest BCUT2D eigenvalue weighted by molar-refractivity contribution is 0.238. The van der Waals surface area contributed by atoms with Gasteiger partial charge in [-0.1, -0.05) is 26.7 Å². The highest BCUT2D eigenvalue weighted by molar-refractivity contribution is 7.11. The van der Waals surface area contributed by atoms with Crippen LogP contribution in [0.3, 0.4) is 0 Å². The number of fused-ring (bicyclic) bond motifs is 1. The van der Waals surface area contributed by atoms with Crippen LogP contribution in [0.15, 0.2) is 0 Å². The van der Waals surface area contributed by atoms with Gasteiger partial charge in [-0.15, -0.1) is 11.3 Å². The van der Waals surface area contributed by atoms with Crippen molar-refractivity contribution in [1.29, 1.82) is 0 Å². The van der Waals surface area contributed by atoms with Gasteiger partial charge in [-0.25, -0.2) is 4.98 Å². The molecule has 18 heavy (non-hydrogen) atoms. The predicted molar refractivity (Wildman–Crippen MR) is 76.8 cm³/mol. The van der Waals surface area contributed by atoms with Crippen LogP contribution in [0.1, 0.15) is 61.5 Å². The monoisotopic (exact) mass is 264 g/mol. The van der Waals surface area contributed by atoms with Crippen molar-refractivity contribution in [2.45, 2.75) is 64.3 Å². The second-order valence-corrected chi connectivity index (χ2v) is 7.68. The van der Waals surface area contributed by atoms with Crippen LogP contribution in [0, 0.1) is 11.8 Å². The van der Waals surface area contributed by atoms with Gasteiger partial charge < -0.3 is 5.73 Å².